The summed E-state index contributed by atoms with van der Waals surface area (Å²) < 4.78 is 0. The van der Waals surface area contributed by atoms with Gasteiger partial charge in [0.05, 0.1) is 5.69 Å². The molecule has 0 saturated heterocycles. The van der Waals surface area contributed by atoms with E-state index in [-0.39, 0.29) is 5.78 Å². The highest BCUT2D eigenvalue weighted by molar-refractivity contribution is 6.18. The minimum atomic E-state index is 0.105. The molecule has 0 fully saturated rings. The van der Waals surface area contributed by atoms with Gasteiger partial charge in [0, 0.05) is 17.3 Å². The first-order valence-electron chi connectivity index (χ1n) is 5.28. The molecule has 0 aromatic heterocycles. The number of rotatable bonds is 1. The smallest absolute Gasteiger partial charge is 0.162 e. The second-order valence-electron chi connectivity index (χ2n) is 3.94. The number of benzene rings is 1. The maximum Gasteiger partial charge on any atom is 0.162 e. The van der Waals surface area contributed by atoms with Gasteiger partial charge in [-0.3, -0.25) is 4.79 Å². The molecule has 0 spiro atoms. The van der Waals surface area contributed by atoms with Crippen molar-refractivity contribution in [3.63, 3.8) is 0 Å². The number of carbonyl (C=O) groups excluding carboxylic acids is 1. The Kier molecular flexibility index (Phi) is 1.83. The molecule has 0 atom stereocenters. The van der Waals surface area contributed by atoms with E-state index in [4.69, 9.17) is 0 Å². The van der Waals surface area contributed by atoms with Crippen molar-refractivity contribution in [3.05, 3.63) is 48.2 Å². The summed E-state index contributed by atoms with van der Waals surface area (Å²) in [5, 5.41) is 2.17. The third kappa shape index (κ3) is 1.10. The summed E-state index contributed by atoms with van der Waals surface area (Å²) in [5.41, 5.74) is 2.85. The topological polar surface area (TPSA) is 32.9 Å². The predicted octanol–water partition coefficient (Wildman–Crippen LogP) is 3.48. The van der Waals surface area contributed by atoms with Crippen LogP contribution in [0.3, 0.4) is 0 Å². The van der Waals surface area contributed by atoms with E-state index in [1.807, 2.05) is 36.5 Å². The molecule has 1 heterocycles. The third-order valence-corrected chi connectivity index (χ3v) is 2.94. The number of fused-ring (bicyclic) bond motifs is 3. The van der Waals surface area contributed by atoms with E-state index in [2.05, 4.69) is 11.1 Å². The normalized spacial score (nSPS) is 11.1. The lowest BCUT2D eigenvalue weighted by molar-refractivity contribution is 0.102. The van der Waals surface area contributed by atoms with Gasteiger partial charge < -0.3 is 4.98 Å². The Morgan fingerprint density at radius 3 is 2.56 bits per heavy atom. The monoisotopic (exact) mass is 209 g/mol. The van der Waals surface area contributed by atoms with Crippen molar-refractivity contribution in [2.24, 2.45) is 0 Å². The van der Waals surface area contributed by atoms with Gasteiger partial charge in [-0.05, 0) is 23.8 Å². The molecule has 2 nitrogen and oxygen atoms in total. The first-order chi connectivity index (χ1) is 7.79. The maximum absolute atomic E-state index is 11.7. The van der Waals surface area contributed by atoms with E-state index in [0.717, 1.165) is 27.6 Å². The van der Waals surface area contributed by atoms with Crippen LogP contribution >= 0.6 is 0 Å². The molecule has 1 aromatic rings. The lowest BCUT2D eigenvalue weighted by atomic mass is 10.1. The number of H-pyrrole nitrogens is 1. The van der Waals surface area contributed by atoms with Gasteiger partial charge in [-0.25, -0.2) is 0 Å². The van der Waals surface area contributed by atoms with Crippen LogP contribution in [0.2, 0.25) is 0 Å². The number of ketones is 1. The molecular weight excluding hydrogens is 198 g/mol. The van der Waals surface area contributed by atoms with Crippen LogP contribution in [0, 0.1) is 0 Å². The molecule has 1 aliphatic carbocycles. The van der Waals surface area contributed by atoms with Crippen molar-refractivity contribution in [2.45, 2.75) is 6.92 Å². The molecule has 2 heteroatoms. The largest absolute Gasteiger partial charge is 0.361 e. The third-order valence-electron chi connectivity index (χ3n) is 2.94. The number of hydrogen-bond donors (Lipinski definition) is 1. The molecule has 78 valence electrons. The number of aromatic amines is 1. The SMILES string of the molecule is CC(=O)c1c2[nH]cccc-2c2ccccc12. The zero-order chi connectivity index (χ0) is 11.1. The summed E-state index contributed by atoms with van der Waals surface area (Å²) in [6.45, 7) is 1.61. The van der Waals surface area contributed by atoms with Crippen LogP contribution in [-0.2, 0) is 0 Å². The van der Waals surface area contributed by atoms with Crippen LogP contribution in [0.25, 0.3) is 22.0 Å². The fraction of sp³-hybridized carbons (Fsp3) is 0.0714. The highest BCUT2D eigenvalue weighted by Gasteiger charge is 2.19. The Hall–Kier alpha value is -2.09. The summed E-state index contributed by atoms with van der Waals surface area (Å²) in [5.74, 6) is 0.105. The zero-order valence-corrected chi connectivity index (χ0v) is 8.95. The lowest BCUT2D eigenvalue weighted by Gasteiger charge is -2.00. The van der Waals surface area contributed by atoms with E-state index in [9.17, 15) is 4.79 Å². The highest BCUT2D eigenvalue weighted by Crippen LogP contribution is 2.37. The fourth-order valence-electron chi connectivity index (χ4n) is 2.30. The van der Waals surface area contributed by atoms with Crippen LogP contribution in [-0.4, -0.2) is 10.8 Å². The van der Waals surface area contributed by atoms with Crippen LogP contribution in [0.4, 0.5) is 0 Å². The van der Waals surface area contributed by atoms with E-state index < -0.39 is 0 Å². The molecule has 1 aliphatic heterocycles. The second kappa shape index (κ2) is 3.20. The molecule has 3 rings (SSSR count). The quantitative estimate of drug-likeness (QED) is 0.611. The number of aromatic nitrogens is 1. The van der Waals surface area contributed by atoms with Gasteiger partial charge in [-0.2, -0.15) is 0 Å². The Morgan fingerprint density at radius 1 is 1.06 bits per heavy atom. The Labute approximate surface area is 93.2 Å². The molecule has 1 aromatic carbocycles. The summed E-state index contributed by atoms with van der Waals surface area (Å²) in [6.07, 6.45) is 1.85. The molecule has 1 N–H and O–H groups in total. The Bertz CT molecular complexity index is 651. The lowest BCUT2D eigenvalue weighted by Crippen LogP contribution is -1.93. The van der Waals surface area contributed by atoms with E-state index in [0.29, 0.717) is 0 Å². The highest BCUT2D eigenvalue weighted by atomic mass is 16.1. The molecule has 2 aliphatic rings. The minimum Gasteiger partial charge on any atom is -0.361 e. The van der Waals surface area contributed by atoms with E-state index in [1.54, 1.807) is 6.92 Å². The Morgan fingerprint density at radius 2 is 1.81 bits per heavy atom. The second-order valence-corrected chi connectivity index (χ2v) is 3.94. The van der Waals surface area contributed by atoms with Gasteiger partial charge in [0.2, 0.25) is 0 Å². The summed E-state index contributed by atoms with van der Waals surface area (Å²) in [4.78, 5) is 14.9. The summed E-state index contributed by atoms with van der Waals surface area (Å²) >= 11 is 0. The molecule has 0 saturated carbocycles. The Balaban J connectivity index is 2.57. The van der Waals surface area contributed by atoms with Gasteiger partial charge in [-0.1, -0.05) is 30.3 Å². The minimum absolute atomic E-state index is 0.105. The van der Waals surface area contributed by atoms with Gasteiger partial charge >= 0.3 is 0 Å². The van der Waals surface area contributed by atoms with Crippen molar-refractivity contribution in [1.82, 2.24) is 4.98 Å². The van der Waals surface area contributed by atoms with Crippen LogP contribution in [0.15, 0.2) is 42.6 Å². The van der Waals surface area contributed by atoms with Gasteiger partial charge in [-0.15, -0.1) is 0 Å². The summed E-state index contributed by atoms with van der Waals surface area (Å²) in [7, 11) is 0. The molecule has 0 unspecified atom stereocenters. The van der Waals surface area contributed by atoms with E-state index >= 15 is 0 Å². The number of Topliss-reactive ketones (excluding diaryl/α,β-unsaturated/α-hetero) is 1. The first-order valence-corrected chi connectivity index (χ1v) is 5.28. The fourth-order valence-corrected chi connectivity index (χ4v) is 2.30. The van der Waals surface area contributed by atoms with Gasteiger partial charge in [0.15, 0.2) is 5.78 Å². The molecular formula is C14H11NO. The van der Waals surface area contributed by atoms with Crippen LogP contribution < -0.4 is 0 Å². The molecule has 0 radical (unpaired) electrons. The van der Waals surface area contributed by atoms with Crippen LogP contribution in [0.5, 0.6) is 0 Å². The first kappa shape index (κ1) is 9.16. The van der Waals surface area contributed by atoms with Crippen LogP contribution in [0.1, 0.15) is 17.3 Å². The predicted molar refractivity (Wildman–Crippen MR) is 64.9 cm³/mol. The molecule has 0 bridgehead atoms. The average Bonchev–Trinajstić information content (AvgIpc) is 2.63. The number of hydrogen-bond acceptors (Lipinski definition) is 1. The van der Waals surface area contributed by atoms with Gasteiger partial charge in [0.1, 0.15) is 0 Å². The van der Waals surface area contributed by atoms with Gasteiger partial charge in [0.25, 0.3) is 0 Å². The number of nitrogens with one attached hydrogen (secondary N) is 1. The van der Waals surface area contributed by atoms with Crippen molar-refractivity contribution >= 4 is 16.6 Å². The molecule has 16 heavy (non-hydrogen) atoms. The van der Waals surface area contributed by atoms with Crippen molar-refractivity contribution in [2.75, 3.05) is 0 Å². The van der Waals surface area contributed by atoms with Crippen molar-refractivity contribution in [3.8, 4) is 11.3 Å². The van der Waals surface area contributed by atoms with E-state index in [1.165, 1.54) is 0 Å². The maximum atomic E-state index is 11.7. The van der Waals surface area contributed by atoms with Crippen molar-refractivity contribution < 1.29 is 4.79 Å². The number of pyridine rings is 1. The van der Waals surface area contributed by atoms with Crippen molar-refractivity contribution in [1.29, 1.82) is 0 Å². The standard InChI is InChI=1S/C14H11NO/c1-9(16)13-11-6-3-2-5-10(11)12-7-4-8-15-14(12)13/h2-8,15H,1H3. The average molecular weight is 209 g/mol. The molecule has 0 amide bonds. The summed E-state index contributed by atoms with van der Waals surface area (Å²) in [6, 6.07) is 12.0. The zero-order valence-electron chi connectivity index (χ0n) is 8.95. The number of carbonyl (C=O) groups is 1.